The summed E-state index contributed by atoms with van der Waals surface area (Å²) in [7, 11) is 3.75. The summed E-state index contributed by atoms with van der Waals surface area (Å²) >= 11 is 10.5. The van der Waals surface area contributed by atoms with Crippen molar-refractivity contribution in [2.75, 3.05) is 32.5 Å². The van der Waals surface area contributed by atoms with Crippen molar-refractivity contribution >= 4 is 42.3 Å². The number of benzene rings is 3. The van der Waals surface area contributed by atoms with Crippen LogP contribution < -0.4 is 10.6 Å². The van der Waals surface area contributed by atoms with Crippen LogP contribution in [0, 0.1) is 25.5 Å². The van der Waals surface area contributed by atoms with Crippen molar-refractivity contribution in [3.63, 3.8) is 0 Å². The molecule has 5 rings (SSSR count). The molecule has 2 aliphatic rings. The van der Waals surface area contributed by atoms with Gasteiger partial charge in [0.25, 0.3) is 0 Å². The van der Waals surface area contributed by atoms with Crippen LogP contribution in [0.3, 0.4) is 0 Å². The maximum absolute atomic E-state index is 14.9. The van der Waals surface area contributed by atoms with Crippen LogP contribution in [0.25, 0.3) is 11.1 Å². The first-order valence-electron chi connectivity index (χ1n) is 15.4. The SMILES string of the molecule is C=C(/N=C\c1cc(-c2c(F)ccc(NC)c2F)cc(CC)c1C)NC1CCN(C)CC1.Cc1cc(Cl)cc2c1CCC2S.O=C=O. The molecule has 10 heteroatoms. The normalized spacial score (nSPS) is 16.1. The Kier molecular flexibility index (Phi) is 14.0. The molecular formula is C36H43ClF2N4O2S. The van der Waals surface area contributed by atoms with Gasteiger partial charge >= 0.3 is 6.15 Å². The summed E-state index contributed by atoms with van der Waals surface area (Å²) in [6, 6.07) is 10.8. The van der Waals surface area contributed by atoms with Crippen molar-refractivity contribution in [2.45, 2.75) is 64.2 Å². The number of fused-ring (bicyclic) bond motifs is 1. The van der Waals surface area contributed by atoms with Crippen molar-refractivity contribution in [2.24, 2.45) is 4.99 Å². The number of nitrogens with zero attached hydrogens (tertiary/aromatic N) is 2. The van der Waals surface area contributed by atoms with Gasteiger partial charge in [0.15, 0.2) is 5.82 Å². The highest BCUT2D eigenvalue weighted by atomic mass is 35.5. The van der Waals surface area contributed by atoms with E-state index in [1.165, 1.54) is 28.8 Å². The zero-order valence-corrected chi connectivity index (χ0v) is 28.8. The zero-order valence-electron chi connectivity index (χ0n) is 27.1. The summed E-state index contributed by atoms with van der Waals surface area (Å²) in [5, 5.41) is 7.41. The Morgan fingerprint density at radius 1 is 1.15 bits per heavy atom. The van der Waals surface area contributed by atoms with E-state index >= 15 is 0 Å². The smallest absolute Gasteiger partial charge is 0.373 e. The highest BCUT2D eigenvalue weighted by molar-refractivity contribution is 7.80. The van der Waals surface area contributed by atoms with E-state index in [2.05, 4.69) is 59.8 Å². The third-order valence-corrected chi connectivity index (χ3v) is 9.29. The topological polar surface area (TPSA) is 73.8 Å². The van der Waals surface area contributed by atoms with Crippen molar-refractivity contribution in [3.05, 3.63) is 98.8 Å². The maximum atomic E-state index is 14.9. The molecule has 0 amide bonds. The molecule has 0 spiro atoms. The van der Waals surface area contributed by atoms with Gasteiger partial charge in [0.2, 0.25) is 0 Å². The second-order valence-corrected chi connectivity index (χ2v) is 12.7. The number of likely N-dealkylation sites (tertiary alicyclic amines) is 1. The van der Waals surface area contributed by atoms with Crippen LogP contribution in [0.15, 0.2) is 53.8 Å². The molecule has 246 valence electrons. The lowest BCUT2D eigenvalue weighted by molar-refractivity contribution is -0.191. The van der Waals surface area contributed by atoms with Gasteiger partial charge < -0.3 is 15.5 Å². The minimum absolute atomic E-state index is 0.0283. The fourth-order valence-electron chi connectivity index (χ4n) is 5.90. The average molecular weight is 669 g/mol. The van der Waals surface area contributed by atoms with Gasteiger partial charge in [0.05, 0.1) is 11.3 Å². The van der Waals surface area contributed by atoms with Crippen LogP contribution in [0.1, 0.15) is 64.8 Å². The van der Waals surface area contributed by atoms with E-state index < -0.39 is 11.6 Å². The summed E-state index contributed by atoms with van der Waals surface area (Å²) in [5.74, 6) is -0.574. The molecule has 0 radical (unpaired) electrons. The van der Waals surface area contributed by atoms with E-state index in [0.717, 1.165) is 66.9 Å². The van der Waals surface area contributed by atoms with Crippen LogP contribution in [-0.4, -0.2) is 50.5 Å². The Labute approximate surface area is 281 Å². The minimum atomic E-state index is -0.593. The molecule has 46 heavy (non-hydrogen) atoms. The monoisotopic (exact) mass is 668 g/mol. The molecule has 1 aliphatic heterocycles. The number of thiol groups is 1. The summed E-state index contributed by atoms with van der Waals surface area (Å²) in [6.45, 7) is 12.3. The second kappa shape index (κ2) is 17.4. The predicted octanol–water partition coefficient (Wildman–Crippen LogP) is 8.10. The second-order valence-electron chi connectivity index (χ2n) is 11.6. The summed E-state index contributed by atoms with van der Waals surface area (Å²) in [4.78, 5) is 23.1. The van der Waals surface area contributed by atoms with Crippen LogP contribution in [-0.2, 0) is 22.4 Å². The van der Waals surface area contributed by atoms with Gasteiger partial charge in [-0.25, -0.2) is 13.8 Å². The van der Waals surface area contributed by atoms with Gasteiger partial charge in [-0.05, 0) is 135 Å². The first kappa shape index (κ1) is 37.0. The number of aryl methyl sites for hydroxylation is 2. The van der Waals surface area contributed by atoms with E-state index in [1.807, 2.05) is 26.0 Å². The van der Waals surface area contributed by atoms with E-state index in [0.29, 0.717) is 22.7 Å². The molecule has 6 nitrogen and oxygen atoms in total. The van der Waals surface area contributed by atoms with Crippen LogP contribution in [0.5, 0.6) is 0 Å². The van der Waals surface area contributed by atoms with E-state index in [1.54, 1.807) is 19.3 Å². The number of piperidine rings is 1. The lowest BCUT2D eigenvalue weighted by Crippen LogP contribution is -2.40. The molecule has 1 aliphatic carbocycles. The fourth-order valence-corrected chi connectivity index (χ4v) is 6.54. The first-order valence-corrected chi connectivity index (χ1v) is 16.3. The first-order chi connectivity index (χ1) is 21.9. The number of aliphatic imine (C=N–C) groups is 1. The molecular weight excluding hydrogens is 626 g/mol. The number of halogens is 3. The van der Waals surface area contributed by atoms with Gasteiger partial charge in [-0.15, -0.1) is 0 Å². The highest BCUT2D eigenvalue weighted by Gasteiger charge is 2.21. The number of hydrogen-bond acceptors (Lipinski definition) is 7. The van der Waals surface area contributed by atoms with Gasteiger partial charge in [-0.2, -0.15) is 22.2 Å². The third kappa shape index (κ3) is 9.52. The highest BCUT2D eigenvalue weighted by Crippen LogP contribution is 2.39. The quantitative estimate of drug-likeness (QED) is 0.175. The van der Waals surface area contributed by atoms with E-state index in [4.69, 9.17) is 21.2 Å². The molecule has 0 aromatic heterocycles. The number of nitrogens with one attached hydrogen (secondary N) is 2. The average Bonchev–Trinajstić information content (AvgIpc) is 3.39. The predicted molar refractivity (Wildman–Crippen MR) is 187 cm³/mol. The van der Waals surface area contributed by atoms with E-state index in [9.17, 15) is 8.78 Å². The molecule has 3 aromatic carbocycles. The van der Waals surface area contributed by atoms with Gasteiger partial charge in [-0.3, -0.25) is 0 Å². The standard InChI is InChI=1S/C25H32F2N4.C10H11ClS.CO2/c1-6-18-13-19(24-22(26)7-8-23(28-4)25(24)27)14-20(16(18)2)15-29-17(3)30-21-9-11-31(5)12-10-21;1-6-4-7(11)5-9-8(6)2-3-10(9)12;2-1-3/h7-8,13-15,21,28,30H,3,6,9-12H2,1-2,4-5H3;4-5,10,12H,2-3H2,1H3;/b29-15-;;. The van der Waals surface area contributed by atoms with Gasteiger partial charge in [-0.1, -0.05) is 31.2 Å². The maximum Gasteiger partial charge on any atom is 0.373 e. The molecule has 3 aromatic rings. The summed E-state index contributed by atoms with van der Waals surface area (Å²) < 4.78 is 29.5. The lowest BCUT2D eigenvalue weighted by atomic mass is 9.93. The molecule has 1 heterocycles. The van der Waals surface area contributed by atoms with Crippen molar-refractivity contribution in [3.8, 4) is 11.1 Å². The lowest BCUT2D eigenvalue weighted by Gasteiger charge is -2.29. The minimum Gasteiger partial charge on any atom is -0.386 e. The van der Waals surface area contributed by atoms with Crippen molar-refractivity contribution < 1.29 is 18.4 Å². The number of anilines is 1. The van der Waals surface area contributed by atoms with Crippen molar-refractivity contribution in [1.82, 2.24) is 10.2 Å². The summed E-state index contributed by atoms with van der Waals surface area (Å²) in [6.07, 6.45) is 7.16. The fraction of sp³-hybridized carbons (Fsp3) is 0.389. The molecule has 2 N–H and O–H groups in total. The van der Waals surface area contributed by atoms with Crippen LogP contribution >= 0.6 is 24.2 Å². The van der Waals surface area contributed by atoms with Gasteiger partial charge in [0.1, 0.15) is 11.6 Å². The molecule has 0 bridgehead atoms. The molecule has 0 saturated carbocycles. The zero-order chi connectivity index (χ0) is 34.0. The van der Waals surface area contributed by atoms with Crippen LogP contribution in [0.4, 0.5) is 14.5 Å². The van der Waals surface area contributed by atoms with Gasteiger partial charge in [0, 0.05) is 29.6 Å². The largest absolute Gasteiger partial charge is 0.386 e. The molecule has 1 atom stereocenters. The number of carbonyl (C=O) groups excluding carboxylic acids is 2. The molecule has 1 fully saturated rings. The number of rotatable bonds is 7. The van der Waals surface area contributed by atoms with E-state index in [-0.39, 0.29) is 17.4 Å². The molecule has 1 unspecified atom stereocenters. The third-order valence-electron chi connectivity index (χ3n) is 8.53. The Bertz CT molecular complexity index is 1600. The summed E-state index contributed by atoms with van der Waals surface area (Å²) in [5.41, 5.74) is 7.76. The Hall–Kier alpha value is -3.49. The van der Waals surface area contributed by atoms with Crippen molar-refractivity contribution in [1.29, 1.82) is 0 Å². The Morgan fingerprint density at radius 3 is 2.46 bits per heavy atom. The molecule has 1 saturated heterocycles. The Balaban J connectivity index is 0.000000315. The van der Waals surface area contributed by atoms with Crippen LogP contribution in [0.2, 0.25) is 5.02 Å². The number of hydrogen-bond donors (Lipinski definition) is 3. The Morgan fingerprint density at radius 2 is 1.83 bits per heavy atom.